The molecule has 1 saturated heterocycles. The molecule has 0 saturated carbocycles. The maximum atomic E-state index is 14.3. The van der Waals surface area contributed by atoms with Crippen molar-refractivity contribution >= 4 is 17.5 Å². The van der Waals surface area contributed by atoms with Crippen LogP contribution in [0.1, 0.15) is 27.1 Å². The van der Waals surface area contributed by atoms with Gasteiger partial charge in [-0.05, 0) is 37.2 Å². The number of ether oxygens (including phenoxy) is 1. The van der Waals surface area contributed by atoms with E-state index in [4.69, 9.17) is 4.74 Å². The Labute approximate surface area is 163 Å². The molecule has 0 spiro atoms. The van der Waals surface area contributed by atoms with E-state index in [0.29, 0.717) is 12.1 Å². The van der Waals surface area contributed by atoms with Gasteiger partial charge in [0, 0.05) is 25.2 Å². The number of amides is 2. The third-order valence-electron chi connectivity index (χ3n) is 4.57. The minimum atomic E-state index is -0.670. The molecule has 2 N–H and O–H groups in total. The zero-order valence-electron chi connectivity index (χ0n) is 15.6. The fourth-order valence-corrected chi connectivity index (χ4v) is 3.06. The molecule has 2 aromatic carbocycles. The predicted octanol–water partition coefficient (Wildman–Crippen LogP) is 2.53. The zero-order chi connectivity index (χ0) is 19.8. The van der Waals surface area contributed by atoms with E-state index in [0.717, 1.165) is 39.3 Å². The first kappa shape index (κ1) is 20.0. The second-order valence-corrected chi connectivity index (χ2v) is 6.55. The Hall–Kier alpha value is -2.77. The van der Waals surface area contributed by atoms with E-state index in [2.05, 4.69) is 15.5 Å². The van der Waals surface area contributed by atoms with Crippen molar-refractivity contribution in [3.05, 3.63) is 65.5 Å². The molecular formula is C21H24FN3O3. The third-order valence-corrected chi connectivity index (χ3v) is 4.57. The predicted molar refractivity (Wildman–Crippen MR) is 105 cm³/mol. The number of hydrogen-bond donors (Lipinski definition) is 2. The summed E-state index contributed by atoms with van der Waals surface area (Å²) in [6.07, 6.45) is 0.756. The summed E-state index contributed by atoms with van der Waals surface area (Å²) in [4.78, 5) is 27.1. The summed E-state index contributed by atoms with van der Waals surface area (Å²) in [6.45, 7) is 4.50. The normalized spacial score (nSPS) is 14.5. The van der Waals surface area contributed by atoms with E-state index in [1.54, 1.807) is 30.3 Å². The number of rotatable bonds is 7. The molecule has 1 fully saturated rings. The van der Waals surface area contributed by atoms with Crippen molar-refractivity contribution in [2.24, 2.45) is 0 Å². The number of nitrogens with zero attached hydrogens (tertiary/aromatic N) is 1. The highest BCUT2D eigenvalue weighted by Crippen LogP contribution is 2.20. The Kier molecular flexibility index (Phi) is 7.11. The molecule has 2 amide bonds. The summed E-state index contributed by atoms with van der Waals surface area (Å²) in [5.74, 6) is -1.60. The van der Waals surface area contributed by atoms with E-state index in [9.17, 15) is 14.0 Å². The smallest absolute Gasteiger partial charge is 0.256 e. The van der Waals surface area contributed by atoms with Crippen LogP contribution < -0.4 is 10.6 Å². The molecule has 1 heterocycles. The number of nitrogens with one attached hydrogen (secondary N) is 2. The zero-order valence-corrected chi connectivity index (χ0v) is 15.6. The molecule has 0 unspecified atom stereocenters. The van der Waals surface area contributed by atoms with Crippen LogP contribution in [0, 0.1) is 5.82 Å². The van der Waals surface area contributed by atoms with Gasteiger partial charge in [-0.25, -0.2) is 4.39 Å². The van der Waals surface area contributed by atoms with E-state index in [-0.39, 0.29) is 11.3 Å². The van der Waals surface area contributed by atoms with Gasteiger partial charge < -0.3 is 15.4 Å². The first-order valence-corrected chi connectivity index (χ1v) is 9.38. The summed E-state index contributed by atoms with van der Waals surface area (Å²) in [5, 5.41) is 5.37. The monoisotopic (exact) mass is 385 g/mol. The summed E-state index contributed by atoms with van der Waals surface area (Å²) >= 11 is 0. The average Bonchev–Trinajstić information content (AvgIpc) is 2.72. The lowest BCUT2D eigenvalue weighted by Gasteiger charge is -2.26. The van der Waals surface area contributed by atoms with E-state index >= 15 is 0 Å². The Morgan fingerprint density at radius 3 is 2.50 bits per heavy atom. The van der Waals surface area contributed by atoms with Crippen molar-refractivity contribution in [1.29, 1.82) is 0 Å². The number of morpholine rings is 1. The fraction of sp³-hybridized carbons (Fsp3) is 0.333. The number of halogens is 1. The van der Waals surface area contributed by atoms with Crippen molar-refractivity contribution in [2.45, 2.75) is 6.42 Å². The second kappa shape index (κ2) is 9.96. The maximum absolute atomic E-state index is 14.3. The lowest BCUT2D eigenvalue weighted by atomic mass is 10.1. The van der Waals surface area contributed by atoms with Crippen LogP contribution in [-0.2, 0) is 4.74 Å². The first-order chi connectivity index (χ1) is 13.6. The largest absolute Gasteiger partial charge is 0.379 e. The van der Waals surface area contributed by atoms with Gasteiger partial charge in [0.15, 0.2) is 0 Å². The Morgan fingerprint density at radius 2 is 1.75 bits per heavy atom. The lowest BCUT2D eigenvalue weighted by Crippen LogP contribution is -2.38. The van der Waals surface area contributed by atoms with E-state index in [1.165, 1.54) is 18.2 Å². The van der Waals surface area contributed by atoms with Crippen molar-refractivity contribution in [2.75, 3.05) is 44.7 Å². The van der Waals surface area contributed by atoms with Gasteiger partial charge in [-0.3, -0.25) is 14.5 Å². The molecule has 0 radical (unpaired) electrons. The molecule has 28 heavy (non-hydrogen) atoms. The minimum Gasteiger partial charge on any atom is -0.379 e. The van der Waals surface area contributed by atoms with E-state index in [1.807, 2.05) is 0 Å². The van der Waals surface area contributed by atoms with Gasteiger partial charge in [-0.15, -0.1) is 0 Å². The summed E-state index contributed by atoms with van der Waals surface area (Å²) in [6, 6.07) is 12.8. The quantitative estimate of drug-likeness (QED) is 0.719. The van der Waals surface area contributed by atoms with Crippen LogP contribution in [0.2, 0.25) is 0 Å². The Morgan fingerprint density at radius 1 is 1.00 bits per heavy atom. The van der Waals surface area contributed by atoms with Gasteiger partial charge in [-0.2, -0.15) is 0 Å². The third kappa shape index (κ3) is 5.37. The van der Waals surface area contributed by atoms with E-state index < -0.39 is 17.6 Å². The fourth-order valence-electron chi connectivity index (χ4n) is 3.06. The lowest BCUT2D eigenvalue weighted by molar-refractivity contribution is 0.0374. The van der Waals surface area contributed by atoms with Gasteiger partial charge >= 0.3 is 0 Å². The van der Waals surface area contributed by atoms with Gasteiger partial charge in [0.25, 0.3) is 11.8 Å². The standard InChI is InChI=1S/C21H24FN3O3/c22-17-8-4-9-18(24-20(26)16-6-2-1-3-7-16)19(17)21(27)23-10-5-11-25-12-14-28-15-13-25/h1-4,6-9H,5,10-15H2,(H,23,27)(H,24,26). The van der Waals surface area contributed by atoms with Crippen LogP contribution in [0.3, 0.4) is 0 Å². The number of anilines is 1. The van der Waals surface area contributed by atoms with Gasteiger partial charge in [0.2, 0.25) is 0 Å². The van der Waals surface area contributed by atoms with Gasteiger partial charge in [0.1, 0.15) is 5.82 Å². The van der Waals surface area contributed by atoms with Crippen LogP contribution in [-0.4, -0.2) is 56.1 Å². The van der Waals surface area contributed by atoms with Crippen LogP contribution in [0.4, 0.5) is 10.1 Å². The minimum absolute atomic E-state index is 0.152. The Balaban J connectivity index is 1.59. The summed E-state index contributed by atoms with van der Waals surface area (Å²) < 4.78 is 19.6. The molecule has 0 atom stereocenters. The molecule has 1 aliphatic heterocycles. The number of carbonyl (C=O) groups is 2. The summed E-state index contributed by atoms with van der Waals surface area (Å²) in [7, 11) is 0. The van der Waals surface area contributed by atoms with Crippen molar-refractivity contribution in [1.82, 2.24) is 10.2 Å². The number of benzene rings is 2. The van der Waals surface area contributed by atoms with Crippen LogP contribution in [0.25, 0.3) is 0 Å². The molecule has 3 rings (SSSR count). The topological polar surface area (TPSA) is 70.7 Å². The average molecular weight is 385 g/mol. The highest BCUT2D eigenvalue weighted by molar-refractivity contribution is 6.09. The van der Waals surface area contributed by atoms with Gasteiger partial charge in [-0.1, -0.05) is 24.3 Å². The van der Waals surface area contributed by atoms with Crippen molar-refractivity contribution in [3.63, 3.8) is 0 Å². The highest BCUT2D eigenvalue weighted by Gasteiger charge is 2.19. The maximum Gasteiger partial charge on any atom is 0.256 e. The number of hydrogen-bond acceptors (Lipinski definition) is 4. The van der Waals surface area contributed by atoms with Crippen molar-refractivity contribution < 1.29 is 18.7 Å². The van der Waals surface area contributed by atoms with Crippen molar-refractivity contribution in [3.8, 4) is 0 Å². The molecule has 6 nitrogen and oxygen atoms in total. The highest BCUT2D eigenvalue weighted by atomic mass is 19.1. The first-order valence-electron chi connectivity index (χ1n) is 9.38. The number of carbonyl (C=O) groups excluding carboxylic acids is 2. The van der Waals surface area contributed by atoms with Crippen LogP contribution in [0.15, 0.2) is 48.5 Å². The molecule has 0 bridgehead atoms. The molecule has 0 aliphatic carbocycles. The van der Waals surface area contributed by atoms with Gasteiger partial charge in [0.05, 0.1) is 24.5 Å². The SMILES string of the molecule is O=C(Nc1cccc(F)c1C(=O)NCCCN1CCOCC1)c1ccccc1. The molecule has 0 aromatic heterocycles. The summed E-state index contributed by atoms with van der Waals surface area (Å²) in [5.41, 5.74) is 0.432. The molecular weight excluding hydrogens is 361 g/mol. The molecule has 2 aromatic rings. The van der Waals surface area contributed by atoms with Crippen LogP contribution >= 0.6 is 0 Å². The van der Waals surface area contributed by atoms with Crippen LogP contribution in [0.5, 0.6) is 0 Å². The molecule has 7 heteroatoms. The second-order valence-electron chi connectivity index (χ2n) is 6.55. The molecule has 148 valence electrons. The molecule has 1 aliphatic rings. The Bertz CT molecular complexity index is 808.